The van der Waals surface area contributed by atoms with Gasteiger partial charge in [0.2, 0.25) is 0 Å². The SMILES string of the molecule is CCC(c1ccc(OC(F)(F)F)cc1F)N1CCN(c2nc(=O)n(C)c3ccc(C#N)nc23)CC1C. The molecular weight excluding hydrogens is 480 g/mol. The molecule has 1 aliphatic heterocycles. The van der Waals surface area contributed by atoms with Crippen LogP contribution in [0.2, 0.25) is 0 Å². The third-order valence-corrected chi connectivity index (χ3v) is 6.38. The van der Waals surface area contributed by atoms with Gasteiger partial charge in [-0.15, -0.1) is 13.2 Å². The fourth-order valence-corrected chi connectivity index (χ4v) is 4.73. The van der Waals surface area contributed by atoms with Crippen molar-refractivity contribution in [1.29, 1.82) is 5.26 Å². The minimum atomic E-state index is -4.90. The number of rotatable bonds is 5. The fourth-order valence-electron chi connectivity index (χ4n) is 4.73. The normalized spacial score (nSPS) is 17.7. The van der Waals surface area contributed by atoms with E-state index >= 15 is 0 Å². The number of pyridine rings is 1. The molecule has 36 heavy (non-hydrogen) atoms. The van der Waals surface area contributed by atoms with Crippen LogP contribution in [0.1, 0.15) is 37.6 Å². The lowest BCUT2D eigenvalue weighted by Gasteiger charge is -2.44. The number of hydrogen-bond acceptors (Lipinski definition) is 7. The maximum absolute atomic E-state index is 14.8. The molecule has 1 saturated heterocycles. The summed E-state index contributed by atoms with van der Waals surface area (Å²) < 4.78 is 57.5. The number of piperazine rings is 1. The number of ether oxygens (including phenoxy) is 1. The number of halogens is 4. The highest BCUT2D eigenvalue weighted by molar-refractivity contribution is 5.86. The zero-order valence-corrected chi connectivity index (χ0v) is 19.9. The Morgan fingerprint density at radius 2 is 1.97 bits per heavy atom. The van der Waals surface area contributed by atoms with Gasteiger partial charge in [0.05, 0.1) is 5.52 Å². The molecule has 1 fully saturated rings. The molecule has 0 N–H and O–H groups in total. The molecule has 2 unspecified atom stereocenters. The highest BCUT2D eigenvalue weighted by Gasteiger charge is 2.34. The van der Waals surface area contributed by atoms with E-state index in [1.54, 1.807) is 13.1 Å². The van der Waals surface area contributed by atoms with Crippen LogP contribution in [-0.2, 0) is 7.05 Å². The number of fused-ring (bicyclic) bond motifs is 1. The van der Waals surface area contributed by atoms with Crippen molar-refractivity contribution in [3.63, 3.8) is 0 Å². The third kappa shape index (κ3) is 4.97. The molecule has 0 bridgehead atoms. The Kier molecular flexibility index (Phi) is 6.86. The van der Waals surface area contributed by atoms with Crippen LogP contribution in [0, 0.1) is 17.1 Å². The first-order valence-corrected chi connectivity index (χ1v) is 11.4. The Morgan fingerprint density at radius 3 is 2.58 bits per heavy atom. The Bertz CT molecular complexity index is 1380. The van der Waals surface area contributed by atoms with Gasteiger partial charge in [0.15, 0.2) is 5.82 Å². The van der Waals surface area contributed by atoms with Crippen LogP contribution in [0.15, 0.2) is 35.1 Å². The van der Waals surface area contributed by atoms with E-state index in [0.717, 1.165) is 12.1 Å². The molecule has 8 nitrogen and oxygen atoms in total. The first kappa shape index (κ1) is 25.4. The van der Waals surface area contributed by atoms with Crippen molar-refractivity contribution in [3.05, 3.63) is 57.9 Å². The fraction of sp³-hybridized carbons (Fsp3) is 0.417. The molecule has 3 aromatic rings. The van der Waals surface area contributed by atoms with E-state index < -0.39 is 23.6 Å². The van der Waals surface area contributed by atoms with Gasteiger partial charge in [0.1, 0.15) is 28.8 Å². The van der Waals surface area contributed by atoms with E-state index in [1.165, 1.54) is 16.7 Å². The number of nitriles is 1. The zero-order valence-electron chi connectivity index (χ0n) is 19.9. The average molecular weight is 504 g/mol. The number of aryl methyl sites for hydroxylation is 1. The highest BCUT2D eigenvalue weighted by atomic mass is 19.4. The second kappa shape index (κ2) is 9.73. The lowest BCUT2D eigenvalue weighted by molar-refractivity contribution is -0.274. The van der Waals surface area contributed by atoms with Crippen LogP contribution in [0.5, 0.6) is 5.75 Å². The van der Waals surface area contributed by atoms with Crippen LogP contribution < -0.4 is 15.3 Å². The molecular formula is C24H24F4N6O2. The Hall–Kier alpha value is -3.72. The van der Waals surface area contributed by atoms with Crippen LogP contribution >= 0.6 is 0 Å². The second-order valence-electron chi connectivity index (χ2n) is 8.64. The predicted molar refractivity (Wildman–Crippen MR) is 124 cm³/mol. The minimum Gasteiger partial charge on any atom is -0.406 e. The lowest BCUT2D eigenvalue weighted by atomic mass is 9.98. The molecule has 190 valence electrons. The first-order chi connectivity index (χ1) is 17.0. The number of aromatic nitrogens is 3. The van der Waals surface area contributed by atoms with E-state index in [9.17, 15) is 27.6 Å². The number of anilines is 1. The van der Waals surface area contributed by atoms with E-state index in [0.29, 0.717) is 42.9 Å². The quantitative estimate of drug-likeness (QED) is 0.487. The van der Waals surface area contributed by atoms with Gasteiger partial charge in [-0.25, -0.2) is 14.2 Å². The van der Waals surface area contributed by atoms with Crippen molar-refractivity contribution >= 4 is 16.9 Å². The molecule has 1 aliphatic rings. The molecule has 0 aliphatic carbocycles. The summed E-state index contributed by atoms with van der Waals surface area (Å²) in [5.74, 6) is -1.00. The van der Waals surface area contributed by atoms with Gasteiger partial charge in [-0.1, -0.05) is 13.0 Å². The van der Waals surface area contributed by atoms with E-state index in [1.807, 2.05) is 24.8 Å². The molecule has 12 heteroatoms. The maximum atomic E-state index is 14.8. The van der Waals surface area contributed by atoms with Gasteiger partial charge < -0.3 is 9.64 Å². The summed E-state index contributed by atoms with van der Waals surface area (Å²) in [5, 5.41) is 9.27. The second-order valence-corrected chi connectivity index (χ2v) is 8.64. The molecule has 3 heterocycles. The van der Waals surface area contributed by atoms with E-state index in [4.69, 9.17) is 0 Å². The predicted octanol–water partition coefficient (Wildman–Crippen LogP) is 3.90. The molecule has 1 aromatic carbocycles. The first-order valence-electron chi connectivity index (χ1n) is 11.4. The van der Waals surface area contributed by atoms with Gasteiger partial charge >= 0.3 is 12.1 Å². The van der Waals surface area contributed by atoms with Gasteiger partial charge in [-0.3, -0.25) is 9.47 Å². The van der Waals surface area contributed by atoms with Gasteiger partial charge in [-0.2, -0.15) is 10.2 Å². The van der Waals surface area contributed by atoms with Crippen molar-refractivity contribution in [2.75, 3.05) is 24.5 Å². The maximum Gasteiger partial charge on any atom is 0.573 e. The Balaban J connectivity index is 1.61. The van der Waals surface area contributed by atoms with Crippen LogP contribution in [0.4, 0.5) is 23.4 Å². The molecule has 2 atom stereocenters. The molecule has 0 saturated carbocycles. The molecule has 4 rings (SSSR count). The lowest BCUT2D eigenvalue weighted by Crippen LogP contribution is -2.53. The molecule has 0 amide bonds. The molecule has 2 aromatic heterocycles. The van der Waals surface area contributed by atoms with Crippen molar-refractivity contribution in [3.8, 4) is 11.8 Å². The van der Waals surface area contributed by atoms with E-state index in [2.05, 4.69) is 19.6 Å². The summed E-state index contributed by atoms with van der Waals surface area (Å²) in [6.07, 6.45) is -4.37. The van der Waals surface area contributed by atoms with Crippen molar-refractivity contribution in [2.24, 2.45) is 7.05 Å². The largest absolute Gasteiger partial charge is 0.573 e. The van der Waals surface area contributed by atoms with Crippen LogP contribution in [0.3, 0.4) is 0 Å². The highest BCUT2D eigenvalue weighted by Crippen LogP contribution is 2.34. The average Bonchev–Trinajstić information content (AvgIpc) is 2.82. The molecule has 0 spiro atoms. The number of benzene rings is 1. The Morgan fingerprint density at radius 1 is 1.22 bits per heavy atom. The number of alkyl halides is 3. The third-order valence-electron chi connectivity index (χ3n) is 6.38. The summed E-state index contributed by atoms with van der Waals surface area (Å²) in [5.41, 5.74) is 1.03. The van der Waals surface area contributed by atoms with Gasteiger partial charge in [0, 0.05) is 50.4 Å². The summed E-state index contributed by atoms with van der Waals surface area (Å²) in [7, 11) is 1.58. The summed E-state index contributed by atoms with van der Waals surface area (Å²) in [6.45, 7) is 5.21. The summed E-state index contributed by atoms with van der Waals surface area (Å²) in [6, 6.07) is 7.90. The zero-order chi connectivity index (χ0) is 26.2. The Labute approximate surface area is 204 Å². The summed E-state index contributed by atoms with van der Waals surface area (Å²) >= 11 is 0. The molecule has 0 radical (unpaired) electrons. The minimum absolute atomic E-state index is 0.116. The van der Waals surface area contributed by atoms with Gasteiger partial charge in [-0.05, 0) is 31.5 Å². The monoisotopic (exact) mass is 504 g/mol. The van der Waals surface area contributed by atoms with Crippen molar-refractivity contribution in [2.45, 2.75) is 38.7 Å². The van der Waals surface area contributed by atoms with E-state index in [-0.39, 0.29) is 23.3 Å². The smallest absolute Gasteiger partial charge is 0.406 e. The topological polar surface area (TPSA) is 87.3 Å². The van der Waals surface area contributed by atoms with Gasteiger partial charge in [0.25, 0.3) is 0 Å². The van der Waals surface area contributed by atoms with Crippen LogP contribution in [0.25, 0.3) is 11.0 Å². The standard InChI is InChI=1S/C24H24F4N6O2/c1-4-19(17-7-6-16(11-18(17)25)36-24(26,27)28)34-10-9-33(13-14(34)2)22-21-20(32(3)23(35)31-22)8-5-15(12-29)30-21/h5-8,11,14,19H,4,9-10,13H2,1-3H3. The number of nitrogens with zero attached hydrogens (tertiary/aromatic N) is 6. The summed E-state index contributed by atoms with van der Waals surface area (Å²) in [4.78, 5) is 25.1. The number of hydrogen-bond donors (Lipinski definition) is 0. The van der Waals surface area contributed by atoms with Crippen molar-refractivity contribution in [1.82, 2.24) is 19.4 Å². The van der Waals surface area contributed by atoms with Crippen molar-refractivity contribution < 1.29 is 22.3 Å². The van der Waals surface area contributed by atoms with Crippen LogP contribution in [-0.4, -0.2) is 51.5 Å².